The van der Waals surface area contributed by atoms with Crippen LogP contribution in [0.2, 0.25) is 0 Å². The van der Waals surface area contributed by atoms with Crippen molar-refractivity contribution in [1.29, 1.82) is 0 Å². The van der Waals surface area contributed by atoms with Gasteiger partial charge in [0.05, 0.1) is 18.3 Å². The summed E-state index contributed by atoms with van der Waals surface area (Å²) in [6.45, 7) is 2.32. The van der Waals surface area contributed by atoms with Gasteiger partial charge in [-0.2, -0.15) is 0 Å². The van der Waals surface area contributed by atoms with Gasteiger partial charge >= 0.3 is 0 Å². The number of fused-ring (bicyclic) bond motifs is 3. The number of thiophene rings is 1. The van der Waals surface area contributed by atoms with Crippen molar-refractivity contribution in [3.8, 4) is 5.75 Å². The predicted octanol–water partition coefficient (Wildman–Crippen LogP) is 3.09. The Labute approximate surface area is 155 Å². The van der Waals surface area contributed by atoms with Gasteiger partial charge in [0.25, 0.3) is 5.56 Å². The molecule has 136 valence electrons. The number of aryl methyl sites for hydroxylation is 3. The van der Waals surface area contributed by atoms with Crippen LogP contribution in [0, 0.1) is 6.92 Å². The molecule has 5 nitrogen and oxygen atoms in total. The van der Waals surface area contributed by atoms with E-state index in [1.807, 2.05) is 31.2 Å². The number of rotatable bonds is 5. The summed E-state index contributed by atoms with van der Waals surface area (Å²) in [5, 5.41) is 11.0. The Bertz CT molecular complexity index is 975. The molecule has 1 N–H and O–H groups in total. The quantitative estimate of drug-likeness (QED) is 0.750. The smallest absolute Gasteiger partial charge is 0.262 e. The summed E-state index contributed by atoms with van der Waals surface area (Å²) in [5.41, 5.74) is 2.28. The highest BCUT2D eigenvalue weighted by molar-refractivity contribution is 7.18. The first-order valence-electron chi connectivity index (χ1n) is 8.99. The van der Waals surface area contributed by atoms with Gasteiger partial charge in [-0.05, 0) is 50.3 Å². The zero-order valence-corrected chi connectivity index (χ0v) is 15.6. The molecule has 1 unspecified atom stereocenters. The average molecular weight is 370 g/mol. The molecule has 0 amide bonds. The molecule has 1 aliphatic carbocycles. The van der Waals surface area contributed by atoms with Gasteiger partial charge in [0, 0.05) is 4.88 Å². The molecule has 2 heterocycles. The molecule has 2 aromatic heterocycles. The molecular weight excluding hydrogens is 348 g/mol. The van der Waals surface area contributed by atoms with Gasteiger partial charge in [-0.1, -0.05) is 17.7 Å². The summed E-state index contributed by atoms with van der Waals surface area (Å²) in [6, 6.07) is 7.67. The molecule has 0 saturated heterocycles. The van der Waals surface area contributed by atoms with Crippen molar-refractivity contribution in [2.45, 2.75) is 45.3 Å². The summed E-state index contributed by atoms with van der Waals surface area (Å²) in [4.78, 5) is 19.5. The number of hydrogen-bond acceptors (Lipinski definition) is 5. The molecule has 26 heavy (non-hydrogen) atoms. The lowest BCUT2D eigenvalue weighted by molar-refractivity contribution is 0.0915. The molecule has 6 heteroatoms. The first-order chi connectivity index (χ1) is 12.6. The first kappa shape index (κ1) is 17.2. The fraction of sp³-hybridized carbons (Fsp3) is 0.400. The third-order valence-corrected chi connectivity index (χ3v) is 6.01. The summed E-state index contributed by atoms with van der Waals surface area (Å²) >= 11 is 1.64. The maximum Gasteiger partial charge on any atom is 0.262 e. The van der Waals surface area contributed by atoms with Crippen LogP contribution >= 0.6 is 11.3 Å². The SMILES string of the molecule is Cc1ccc(OCC(O)Cn2cnc3sc4c(c3c2=O)CCCC4)cc1. The summed E-state index contributed by atoms with van der Waals surface area (Å²) in [5.74, 6) is 0.711. The Hall–Kier alpha value is -2.18. The van der Waals surface area contributed by atoms with Crippen molar-refractivity contribution in [3.63, 3.8) is 0 Å². The highest BCUT2D eigenvalue weighted by Crippen LogP contribution is 2.33. The van der Waals surface area contributed by atoms with Crippen LogP contribution in [0.1, 0.15) is 28.8 Å². The monoisotopic (exact) mass is 370 g/mol. The number of ether oxygens (including phenoxy) is 1. The van der Waals surface area contributed by atoms with Gasteiger partial charge in [0.1, 0.15) is 23.3 Å². The highest BCUT2D eigenvalue weighted by atomic mass is 32.1. The molecule has 0 spiro atoms. The lowest BCUT2D eigenvalue weighted by Crippen LogP contribution is -2.30. The maximum atomic E-state index is 12.9. The lowest BCUT2D eigenvalue weighted by atomic mass is 9.97. The Morgan fingerprint density at radius 2 is 2.04 bits per heavy atom. The van der Waals surface area contributed by atoms with E-state index in [0.717, 1.165) is 35.0 Å². The van der Waals surface area contributed by atoms with E-state index in [2.05, 4.69) is 4.98 Å². The normalized spacial score (nSPS) is 15.0. The first-order valence-corrected chi connectivity index (χ1v) is 9.80. The van der Waals surface area contributed by atoms with Crippen molar-refractivity contribution in [1.82, 2.24) is 9.55 Å². The van der Waals surface area contributed by atoms with E-state index >= 15 is 0 Å². The van der Waals surface area contributed by atoms with Gasteiger partial charge in [0.2, 0.25) is 0 Å². The summed E-state index contributed by atoms with van der Waals surface area (Å²) < 4.78 is 7.12. The molecule has 0 radical (unpaired) electrons. The molecule has 1 aliphatic rings. The highest BCUT2D eigenvalue weighted by Gasteiger charge is 2.20. The van der Waals surface area contributed by atoms with Gasteiger partial charge < -0.3 is 9.84 Å². The average Bonchev–Trinajstić information content (AvgIpc) is 3.03. The number of aromatic nitrogens is 2. The topological polar surface area (TPSA) is 64.3 Å². The van der Waals surface area contributed by atoms with Crippen LogP contribution in [0.25, 0.3) is 10.2 Å². The van der Waals surface area contributed by atoms with Crippen LogP contribution in [-0.2, 0) is 19.4 Å². The zero-order chi connectivity index (χ0) is 18.1. The van der Waals surface area contributed by atoms with E-state index in [1.54, 1.807) is 17.7 Å². The largest absolute Gasteiger partial charge is 0.491 e. The van der Waals surface area contributed by atoms with E-state index in [4.69, 9.17) is 4.74 Å². The van der Waals surface area contributed by atoms with Crippen LogP contribution < -0.4 is 10.3 Å². The van der Waals surface area contributed by atoms with Gasteiger partial charge in [0.15, 0.2) is 0 Å². The fourth-order valence-electron chi connectivity index (χ4n) is 3.42. The Kier molecular flexibility index (Phi) is 4.78. The van der Waals surface area contributed by atoms with Gasteiger partial charge in [-0.15, -0.1) is 11.3 Å². The molecule has 3 aromatic rings. The number of hydrogen-bond donors (Lipinski definition) is 1. The minimum Gasteiger partial charge on any atom is -0.491 e. The second-order valence-electron chi connectivity index (χ2n) is 6.87. The molecule has 1 atom stereocenters. The van der Waals surface area contributed by atoms with Crippen molar-refractivity contribution in [3.05, 3.63) is 57.0 Å². The van der Waals surface area contributed by atoms with E-state index in [-0.39, 0.29) is 18.7 Å². The summed E-state index contributed by atoms with van der Waals surface area (Å²) in [7, 11) is 0. The van der Waals surface area contributed by atoms with Crippen LogP contribution in [0.15, 0.2) is 35.4 Å². The molecule has 0 bridgehead atoms. The third-order valence-electron chi connectivity index (χ3n) is 4.81. The number of aliphatic hydroxyl groups is 1. The van der Waals surface area contributed by atoms with Gasteiger partial charge in [-0.3, -0.25) is 9.36 Å². The molecule has 0 fully saturated rings. The molecule has 0 saturated carbocycles. The second-order valence-corrected chi connectivity index (χ2v) is 7.95. The Morgan fingerprint density at radius 3 is 2.85 bits per heavy atom. The summed E-state index contributed by atoms with van der Waals surface area (Å²) in [6.07, 6.45) is 5.08. The van der Waals surface area contributed by atoms with E-state index in [9.17, 15) is 9.90 Å². The molecule has 0 aliphatic heterocycles. The third kappa shape index (κ3) is 3.39. The second kappa shape index (κ2) is 7.21. The van der Waals surface area contributed by atoms with Crippen molar-refractivity contribution in [2.75, 3.05) is 6.61 Å². The van der Waals surface area contributed by atoms with E-state index in [1.165, 1.54) is 21.4 Å². The molecule has 4 rings (SSSR count). The Morgan fingerprint density at radius 1 is 1.27 bits per heavy atom. The molecule has 1 aromatic carbocycles. The van der Waals surface area contributed by atoms with Crippen molar-refractivity contribution in [2.24, 2.45) is 0 Å². The van der Waals surface area contributed by atoms with Crippen LogP contribution in [-0.4, -0.2) is 27.4 Å². The maximum absolute atomic E-state index is 12.9. The van der Waals surface area contributed by atoms with Crippen LogP contribution in [0.4, 0.5) is 0 Å². The van der Waals surface area contributed by atoms with Crippen molar-refractivity contribution < 1.29 is 9.84 Å². The molecular formula is C20H22N2O3S. The minimum absolute atomic E-state index is 0.0521. The number of nitrogens with zero attached hydrogens (tertiary/aromatic N) is 2. The van der Waals surface area contributed by atoms with Crippen LogP contribution in [0.3, 0.4) is 0 Å². The standard InChI is InChI=1S/C20H22N2O3S/c1-13-6-8-15(9-7-13)25-11-14(23)10-22-12-21-19-18(20(22)24)16-4-2-3-5-17(16)26-19/h6-9,12,14,23H,2-5,10-11H2,1H3. The number of aliphatic hydroxyl groups excluding tert-OH is 1. The van der Waals surface area contributed by atoms with Gasteiger partial charge in [-0.25, -0.2) is 4.98 Å². The van der Waals surface area contributed by atoms with E-state index < -0.39 is 6.10 Å². The van der Waals surface area contributed by atoms with Crippen molar-refractivity contribution >= 4 is 21.6 Å². The van der Waals surface area contributed by atoms with E-state index in [0.29, 0.717) is 5.75 Å². The zero-order valence-electron chi connectivity index (χ0n) is 14.8. The minimum atomic E-state index is -0.775. The van der Waals surface area contributed by atoms with Crippen LogP contribution in [0.5, 0.6) is 5.75 Å². The number of benzene rings is 1. The fourth-order valence-corrected chi connectivity index (χ4v) is 4.64. The predicted molar refractivity (Wildman–Crippen MR) is 103 cm³/mol. The lowest BCUT2D eigenvalue weighted by Gasteiger charge is -2.14. The Balaban J connectivity index is 1.50.